The van der Waals surface area contributed by atoms with Gasteiger partial charge in [0.05, 0.1) is 33.5 Å². The molecule has 12 heteroatoms. The second-order valence-electron chi connectivity index (χ2n) is 13.8. The van der Waals surface area contributed by atoms with Gasteiger partial charge in [0.15, 0.2) is 0 Å². The van der Waals surface area contributed by atoms with E-state index in [1.54, 1.807) is 35.2 Å². The van der Waals surface area contributed by atoms with E-state index in [0.29, 0.717) is 60.9 Å². The fourth-order valence-corrected chi connectivity index (χ4v) is 6.26. The molecule has 0 atom stereocenters. The Kier molecular flexibility index (Phi) is 10.5. The first-order valence-corrected chi connectivity index (χ1v) is 16.9. The van der Waals surface area contributed by atoms with Crippen LogP contribution in [0.25, 0.3) is 28.0 Å². The molecule has 49 heavy (non-hydrogen) atoms. The molecule has 1 amide bonds. The second kappa shape index (κ2) is 14.4. The number of nitrogens with one attached hydrogen (secondary N) is 1. The van der Waals surface area contributed by atoms with Crippen LogP contribution in [0.2, 0.25) is 5.02 Å². The molecule has 1 fully saturated rings. The Bertz CT molecular complexity index is 1990. The van der Waals surface area contributed by atoms with Crippen molar-refractivity contribution in [1.82, 2.24) is 29.7 Å². The molecule has 1 saturated heterocycles. The SMILES string of the molecule is CC(C)c1ncnc(C(C)C)c1-n1c(=O)c(C#N)c(N2CCN(C(=O)C=CCNC(C)(C)C)CC2)c2cc(Cl)c(-c3ccccc3F)nc21. The fourth-order valence-electron chi connectivity index (χ4n) is 6.01. The van der Waals surface area contributed by atoms with Gasteiger partial charge in [-0.05, 0) is 50.8 Å². The number of benzene rings is 1. The van der Waals surface area contributed by atoms with E-state index in [-0.39, 0.29) is 50.8 Å². The van der Waals surface area contributed by atoms with Crippen LogP contribution in [0.1, 0.15) is 77.3 Å². The van der Waals surface area contributed by atoms with E-state index in [1.165, 1.54) is 17.0 Å². The summed E-state index contributed by atoms with van der Waals surface area (Å²) in [7, 11) is 0. The van der Waals surface area contributed by atoms with Gasteiger partial charge in [-0.2, -0.15) is 5.26 Å². The lowest BCUT2D eigenvalue weighted by Gasteiger charge is -2.36. The minimum atomic E-state index is -0.592. The molecule has 0 aliphatic carbocycles. The van der Waals surface area contributed by atoms with E-state index in [9.17, 15) is 14.9 Å². The van der Waals surface area contributed by atoms with E-state index in [0.717, 1.165) is 0 Å². The van der Waals surface area contributed by atoms with Crippen LogP contribution < -0.4 is 15.8 Å². The van der Waals surface area contributed by atoms with Crippen LogP contribution in [0.4, 0.5) is 10.1 Å². The van der Waals surface area contributed by atoms with E-state index in [2.05, 4.69) is 42.1 Å². The van der Waals surface area contributed by atoms with E-state index in [4.69, 9.17) is 16.6 Å². The summed E-state index contributed by atoms with van der Waals surface area (Å²) >= 11 is 6.86. The number of hydrogen-bond acceptors (Lipinski definition) is 8. The smallest absolute Gasteiger partial charge is 0.276 e. The molecular formula is C37H42ClFN8O2. The summed E-state index contributed by atoms with van der Waals surface area (Å²) in [6.07, 6.45) is 4.86. The lowest BCUT2D eigenvalue weighted by Crippen LogP contribution is -2.49. The number of nitriles is 1. The molecule has 0 spiro atoms. The molecule has 4 heterocycles. The van der Waals surface area contributed by atoms with Crippen molar-refractivity contribution in [2.24, 2.45) is 0 Å². The number of piperazine rings is 1. The molecule has 0 saturated carbocycles. The number of carbonyl (C=O) groups excluding carboxylic acids is 1. The highest BCUT2D eigenvalue weighted by Gasteiger charge is 2.30. The van der Waals surface area contributed by atoms with Crippen molar-refractivity contribution < 1.29 is 9.18 Å². The number of anilines is 1. The van der Waals surface area contributed by atoms with Crippen molar-refractivity contribution in [2.75, 3.05) is 37.6 Å². The first-order chi connectivity index (χ1) is 23.2. The Labute approximate surface area is 291 Å². The zero-order chi connectivity index (χ0) is 35.6. The molecular weight excluding hydrogens is 643 g/mol. The average molecular weight is 685 g/mol. The highest BCUT2D eigenvalue weighted by Crippen LogP contribution is 2.38. The van der Waals surface area contributed by atoms with E-state index >= 15 is 4.39 Å². The number of halogens is 2. The molecule has 0 unspecified atom stereocenters. The minimum Gasteiger partial charge on any atom is -0.366 e. The van der Waals surface area contributed by atoms with Crippen molar-refractivity contribution in [3.05, 3.63) is 87.0 Å². The zero-order valence-electron chi connectivity index (χ0n) is 29.0. The summed E-state index contributed by atoms with van der Waals surface area (Å²) in [5.74, 6) is -0.839. The number of nitrogens with zero attached hydrogens (tertiary/aromatic N) is 7. The number of pyridine rings is 2. The molecule has 1 aromatic carbocycles. The lowest BCUT2D eigenvalue weighted by molar-refractivity contribution is -0.126. The standard InChI is InChI=1S/C37H42ClFN8O2/c1-22(2)30-34(31(23(3)4)42-21-41-30)47-35-25(19-27(38)32(44-35)24-11-8-9-12-28(24)39)33(26(20-40)36(47)49)46-17-15-45(16-18-46)29(48)13-10-14-43-37(5,6)7/h8-13,19,21-23,43H,14-18H2,1-7H3. The molecule has 1 N–H and O–H groups in total. The summed E-state index contributed by atoms with van der Waals surface area (Å²) in [4.78, 5) is 45.3. The van der Waals surface area contributed by atoms with E-state index in [1.807, 2.05) is 38.7 Å². The quantitative estimate of drug-likeness (QED) is 0.213. The van der Waals surface area contributed by atoms with Crippen molar-refractivity contribution >= 4 is 34.2 Å². The molecule has 256 valence electrons. The first-order valence-electron chi connectivity index (χ1n) is 16.5. The largest absolute Gasteiger partial charge is 0.366 e. The van der Waals surface area contributed by atoms with Crippen LogP contribution in [0.3, 0.4) is 0 Å². The molecule has 0 bridgehead atoms. The third kappa shape index (κ3) is 7.36. The summed E-state index contributed by atoms with van der Waals surface area (Å²) in [5.41, 5.74) is 1.83. The van der Waals surface area contributed by atoms with Crippen molar-refractivity contribution in [2.45, 2.75) is 65.8 Å². The van der Waals surface area contributed by atoms with Gasteiger partial charge in [0.1, 0.15) is 29.4 Å². The summed E-state index contributed by atoms with van der Waals surface area (Å²) < 4.78 is 16.6. The highest BCUT2D eigenvalue weighted by atomic mass is 35.5. The van der Waals surface area contributed by atoms with Crippen molar-refractivity contribution in [3.63, 3.8) is 0 Å². The number of aromatic nitrogens is 4. The monoisotopic (exact) mass is 684 g/mol. The summed E-state index contributed by atoms with van der Waals surface area (Å²) in [6.45, 7) is 16.1. The number of amides is 1. The van der Waals surface area contributed by atoms with Gasteiger partial charge in [0.25, 0.3) is 5.56 Å². The Morgan fingerprint density at radius 2 is 1.69 bits per heavy atom. The zero-order valence-corrected chi connectivity index (χ0v) is 29.8. The Morgan fingerprint density at radius 1 is 1.06 bits per heavy atom. The van der Waals surface area contributed by atoms with Gasteiger partial charge >= 0.3 is 0 Å². The predicted octanol–water partition coefficient (Wildman–Crippen LogP) is 6.35. The highest BCUT2D eigenvalue weighted by molar-refractivity contribution is 6.34. The van der Waals surface area contributed by atoms with Crippen LogP contribution in [0.15, 0.2) is 53.6 Å². The second-order valence-corrected chi connectivity index (χ2v) is 14.2. The van der Waals surface area contributed by atoms with Gasteiger partial charge in [-0.1, -0.05) is 57.5 Å². The molecule has 10 nitrogen and oxygen atoms in total. The maximum Gasteiger partial charge on any atom is 0.276 e. The number of rotatable bonds is 8. The van der Waals surface area contributed by atoms with E-state index < -0.39 is 11.4 Å². The van der Waals surface area contributed by atoms with Crippen LogP contribution >= 0.6 is 11.6 Å². The fraction of sp³-hybridized carbons (Fsp3) is 0.405. The third-order valence-electron chi connectivity index (χ3n) is 8.43. The summed E-state index contributed by atoms with van der Waals surface area (Å²) in [6, 6.07) is 9.99. The summed E-state index contributed by atoms with van der Waals surface area (Å²) in [5, 5.41) is 14.5. The number of hydrogen-bond donors (Lipinski definition) is 1. The number of fused-ring (bicyclic) bond motifs is 1. The van der Waals surface area contributed by atoms with Gasteiger partial charge in [-0.3, -0.25) is 14.2 Å². The van der Waals surface area contributed by atoms with Gasteiger partial charge in [-0.25, -0.2) is 19.3 Å². The Balaban J connectivity index is 1.70. The normalized spacial score (nSPS) is 14.0. The van der Waals surface area contributed by atoms with Gasteiger partial charge in [0, 0.05) is 55.3 Å². The Morgan fingerprint density at radius 3 is 2.27 bits per heavy atom. The molecule has 0 radical (unpaired) electrons. The number of carbonyl (C=O) groups is 1. The van der Waals surface area contributed by atoms with Crippen LogP contribution in [0, 0.1) is 17.1 Å². The van der Waals surface area contributed by atoms with Gasteiger partial charge < -0.3 is 15.1 Å². The van der Waals surface area contributed by atoms with Crippen LogP contribution in [-0.2, 0) is 4.79 Å². The maximum absolute atomic E-state index is 15.2. The van der Waals surface area contributed by atoms with Crippen molar-refractivity contribution in [1.29, 1.82) is 5.26 Å². The van der Waals surface area contributed by atoms with Gasteiger partial charge in [-0.15, -0.1) is 0 Å². The third-order valence-corrected chi connectivity index (χ3v) is 8.72. The van der Waals surface area contributed by atoms with Crippen molar-refractivity contribution in [3.8, 4) is 23.0 Å². The average Bonchev–Trinajstić information content (AvgIpc) is 3.05. The molecule has 4 aromatic rings. The van der Waals surface area contributed by atoms with Gasteiger partial charge in [0.2, 0.25) is 5.91 Å². The lowest BCUT2D eigenvalue weighted by atomic mass is 10.00. The minimum absolute atomic E-state index is 0.0670. The maximum atomic E-state index is 15.2. The molecule has 3 aromatic heterocycles. The van der Waals surface area contributed by atoms with Crippen LogP contribution in [0.5, 0.6) is 0 Å². The molecule has 1 aliphatic rings. The molecule has 5 rings (SSSR count). The van der Waals surface area contributed by atoms with Crippen LogP contribution in [-0.4, -0.2) is 68.6 Å². The topological polar surface area (TPSA) is 120 Å². The first kappa shape index (κ1) is 35.6. The predicted molar refractivity (Wildman–Crippen MR) is 192 cm³/mol. The molecule has 1 aliphatic heterocycles. The Hall–Kier alpha value is -4.66.